The Morgan fingerprint density at radius 2 is 1.55 bits per heavy atom. The minimum absolute atomic E-state index is 0.0165. The van der Waals surface area contributed by atoms with Gasteiger partial charge in [-0.05, 0) is 44.9 Å². The van der Waals surface area contributed by atoms with E-state index in [9.17, 15) is 24.6 Å². The van der Waals surface area contributed by atoms with E-state index in [1.54, 1.807) is 13.8 Å². The molecule has 40 heavy (non-hydrogen) atoms. The van der Waals surface area contributed by atoms with Crippen LogP contribution in [0.3, 0.4) is 0 Å². The molecular weight excluding hydrogens is 508 g/mol. The number of allylic oxidation sites excluding steroid dienone is 2. The summed E-state index contributed by atoms with van der Waals surface area (Å²) in [6.07, 6.45) is 21.0. The Bertz CT molecular complexity index is 739. The highest BCUT2D eigenvalue weighted by Gasteiger charge is 2.33. The molecule has 3 N–H and O–H groups in total. The van der Waals surface area contributed by atoms with Crippen LogP contribution in [0.25, 0.3) is 0 Å². The lowest BCUT2D eigenvalue weighted by atomic mass is 9.87. The third-order valence-electron chi connectivity index (χ3n) is 7.71. The molecule has 0 aromatic heterocycles. The quantitative estimate of drug-likeness (QED) is 0.0912. The van der Waals surface area contributed by atoms with E-state index in [2.05, 4.69) is 24.4 Å². The van der Waals surface area contributed by atoms with Gasteiger partial charge in [0.25, 0.3) is 0 Å². The van der Waals surface area contributed by atoms with Gasteiger partial charge in [0.2, 0.25) is 11.8 Å². The van der Waals surface area contributed by atoms with Crippen LogP contribution in [0.15, 0.2) is 12.2 Å². The fraction of sp³-hybridized carbons (Fsp3) is 0.844. The number of hydrogen-bond donors (Lipinski definition) is 3. The molecule has 1 saturated heterocycles. The van der Waals surface area contributed by atoms with Crippen LogP contribution in [0.1, 0.15) is 130 Å². The number of unbranched alkanes of at least 4 members (excludes halogenated alkanes) is 11. The molecule has 2 atom stereocenters. The van der Waals surface area contributed by atoms with Crippen molar-refractivity contribution >= 4 is 17.8 Å². The third kappa shape index (κ3) is 16.4. The Balaban J connectivity index is 2.10. The molecule has 0 radical (unpaired) electrons. The molecule has 0 aliphatic carbocycles. The summed E-state index contributed by atoms with van der Waals surface area (Å²) in [7, 11) is 0. The van der Waals surface area contributed by atoms with E-state index in [1.165, 1.54) is 57.8 Å². The van der Waals surface area contributed by atoms with Crippen LogP contribution in [0.2, 0.25) is 0 Å². The molecular formula is C32H58N2O6. The first-order chi connectivity index (χ1) is 19.2. The molecule has 8 heteroatoms. The zero-order valence-electron chi connectivity index (χ0n) is 25.6. The molecule has 1 aliphatic heterocycles. The van der Waals surface area contributed by atoms with Crippen molar-refractivity contribution in [2.75, 3.05) is 26.2 Å². The summed E-state index contributed by atoms with van der Waals surface area (Å²) in [4.78, 5) is 38.7. The van der Waals surface area contributed by atoms with Crippen LogP contribution >= 0.6 is 0 Å². The number of aliphatic hydroxyl groups excluding tert-OH is 2. The molecule has 232 valence electrons. The van der Waals surface area contributed by atoms with Gasteiger partial charge in [-0.2, -0.15) is 0 Å². The second-order valence-electron chi connectivity index (χ2n) is 12.0. The summed E-state index contributed by atoms with van der Waals surface area (Å²) in [6.45, 7) is 6.25. The van der Waals surface area contributed by atoms with Crippen molar-refractivity contribution in [3.8, 4) is 0 Å². The second kappa shape index (κ2) is 21.8. The highest BCUT2D eigenvalue weighted by atomic mass is 16.5. The van der Waals surface area contributed by atoms with E-state index >= 15 is 0 Å². The van der Waals surface area contributed by atoms with Crippen molar-refractivity contribution < 1.29 is 29.3 Å². The van der Waals surface area contributed by atoms with Gasteiger partial charge in [-0.25, -0.2) is 0 Å². The van der Waals surface area contributed by atoms with Gasteiger partial charge in [-0.3, -0.25) is 14.4 Å². The average Bonchev–Trinajstić information content (AvgIpc) is 2.94. The Labute approximate surface area is 243 Å². The number of aliphatic hydroxyl groups is 2. The molecule has 0 bridgehead atoms. The van der Waals surface area contributed by atoms with Crippen molar-refractivity contribution in [2.45, 2.75) is 142 Å². The Kier molecular flexibility index (Phi) is 19.6. The molecule has 0 spiro atoms. The molecule has 0 saturated carbocycles. The number of nitrogens with zero attached hydrogens (tertiary/aromatic N) is 1. The number of nitrogens with one attached hydrogen (secondary N) is 1. The number of rotatable bonds is 22. The fourth-order valence-corrected chi connectivity index (χ4v) is 4.84. The highest BCUT2D eigenvalue weighted by Crippen LogP contribution is 2.20. The number of hydrogen-bond acceptors (Lipinski definition) is 6. The van der Waals surface area contributed by atoms with E-state index < -0.39 is 23.4 Å². The maximum Gasteiger partial charge on any atom is 0.307 e. The molecule has 1 fully saturated rings. The number of piperidine rings is 1. The normalized spacial score (nSPS) is 16.7. The Morgan fingerprint density at radius 3 is 2.17 bits per heavy atom. The van der Waals surface area contributed by atoms with E-state index in [4.69, 9.17) is 4.74 Å². The largest absolute Gasteiger partial charge is 0.460 e. The maximum atomic E-state index is 12.7. The van der Waals surface area contributed by atoms with Gasteiger partial charge in [0.15, 0.2) is 0 Å². The van der Waals surface area contributed by atoms with Gasteiger partial charge in [0, 0.05) is 24.9 Å². The molecule has 0 aromatic carbocycles. The molecule has 8 nitrogen and oxygen atoms in total. The summed E-state index contributed by atoms with van der Waals surface area (Å²) in [5, 5.41) is 21.8. The first-order valence-electron chi connectivity index (χ1n) is 15.9. The van der Waals surface area contributed by atoms with Gasteiger partial charge >= 0.3 is 5.97 Å². The van der Waals surface area contributed by atoms with Gasteiger partial charge in [0.1, 0.15) is 12.2 Å². The van der Waals surface area contributed by atoms with E-state index in [0.29, 0.717) is 19.5 Å². The van der Waals surface area contributed by atoms with Crippen LogP contribution in [0.5, 0.6) is 0 Å². The summed E-state index contributed by atoms with van der Waals surface area (Å²) in [6, 6.07) is 0. The minimum Gasteiger partial charge on any atom is -0.460 e. The lowest BCUT2D eigenvalue weighted by Gasteiger charge is -2.32. The summed E-state index contributed by atoms with van der Waals surface area (Å²) < 4.78 is 5.54. The van der Waals surface area contributed by atoms with Crippen LogP contribution in [0.4, 0.5) is 0 Å². The smallest absolute Gasteiger partial charge is 0.307 e. The highest BCUT2D eigenvalue weighted by molar-refractivity contribution is 5.82. The number of esters is 1. The standard InChI is InChI=1S/C32H58N2O6/c1-4-5-6-7-8-9-10-11-12-13-14-15-16-17-18-21-28(36)34-24-19-20-27(25-34)40-29(37)22-23-33-31(39)30(38)32(2,3)26-35/h11-12,27,30,35,38H,4-10,13-26H2,1-3H3,(H,33,39). The van der Waals surface area contributed by atoms with E-state index in [0.717, 1.165) is 38.5 Å². The maximum absolute atomic E-state index is 12.7. The summed E-state index contributed by atoms with van der Waals surface area (Å²) >= 11 is 0. The second-order valence-corrected chi connectivity index (χ2v) is 12.0. The van der Waals surface area contributed by atoms with Gasteiger partial charge in [0.05, 0.1) is 19.6 Å². The minimum atomic E-state index is -1.37. The van der Waals surface area contributed by atoms with Crippen molar-refractivity contribution in [1.82, 2.24) is 10.2 Å². The molecule has 1 aliphatic rings. The number of ether oxygens (including phenoxy) is 1. The van der Waals surface area contributed by atoms with Crippen molar-refractivity contribution in [1.29, 1.82) is 0 Å². The summed E-state index contributed by atoms with van der Waals surface area (Å²) in [5.41, 5.74) is -0.966. The molecule has 1 heterocycles. The molecule has 0 aromatic rings. The van der Waals surface area contributed by atoms with E-state index in [1.807, 2.05) is 4.90 Å². The number of carbonyl (C=O) groups is 3. The molecule has 2 amide bonds. The SMILES string of the molecule is CCCCCCCCC=CCCCCCCCC(=O)N1CCCC(OC(=O)CCNC(=O)C(O)C(C)(C)CO)C1. The van der Waals surface area contributed by atoms with Crippen molar-refractivity contribution in [2.24, 2.45) is 5.41 Å². The van der Waals surface area contributed by atoms with Crippen LogP contribution < -0.4 is 5.32 Å². The molecule has 2 unspecified atom stereocenters. The van der Waals surface area contributed by atoms with Gasteiger partial charge < -0.3 is 25.2 Å². The third-order valence-corrected chi connectivity index (χ3v) is 7.71. The zero-order valence-corrected chi connectivity index (χ0v) is 25.6. The Morgan fingerprint density at radius 1 is 0.950 bits per heavy atom. The number of carbonyl (C=O) groups excluding carboxylic acids is 3. The predicted octanol–water partition coefficient (Wildman–Crippen LogP) is 5.44. The predicted molar refractivity (Wildman–Crippen MR) is 160 cm³/mol. The lowest BCUT2D eigenvalue weighted by Crippen LogP contribution is -2.46. The van der Waals surface area contributed by atoms with Crippen LogP contribution in [-0.4, -0.2) is 71.3 Å². The number of amides is 2. The first-order valence-corrected chi connectivity index (χ1v) is 15.9. The topological polar surface area (TPSA) is 116 Å². The van der Waals surface area contributed by atoms with Crippen molar-refractivity contribution in [3.63, 3.8) is 0 Å². The van der Waals surface area contributed by atoms with Gasteiger partial charge in [-0.1, -0.05) is 84.3 Å². The van der Waals surface area contributed by atoms with Crippen molar-refractivity contribution in [3.05, 3.63) is 12.2 Å². The van der Waals surface area contributed by atoms with Crippen LogP contribution in [-0.2, 0) is 19.1 Å². The lowest BCUT2D eigenvalue weighted by molar-refractivity contribution is -0.154. The van der Waals surface area contributed by atoms with E-state index in [-0.39, 0.29) is 31.6 Å². The fourth-order valence-electron chi connectivity index (χ4n) is 4.84. The average molecular weight is 567 g/mol. The van der Waals surface area contributed by atoms with Crippen LogP contribution in [0, 0.1) is 5.41 Å². The Hall–Kier alpha value is -1.93. The van der Waals surface area contributed by atoms with Gasteiger partial charge in [-0.15, -0.1) is 0 Å². The zero-order chi connectivity index (χ0) is 29.6. The summed E-state index contributed by atoms with van der Waals surface area (Å²) in [5.74, 6) is -0.934. The first kappa shape index (κ1) is 36.1. The monoisotopic (exact) mass is 566 g/mol. The number of likely N-dealkylation sites (tertiary alicyclic amines) is 1. The molecule has 1 rings (SSSR count).